The van der Waals surface area contributed by atoms with Crippen molar-refractivity contribution in [3.63, 3.8) is 0 Å². The van der Waals surface area contributed by atoms with Gasteiger partial charge in [0.25, 0.3) is 0 Å². The zero-order valence-corrected chi connectivity index (χ0v) is 10.1. The first-order valence-electron chi connectivity index (χ1n) is 5.42. The Hall–Kier alpha value is -1.56. The van der Waals surface area contributed by atoms with Crippen molar-refractivity contribution in [1.82, 2.24) is 10.2 Å². The van der Waals surface area contributed by atoms with E-state index in [1.807, 2.05) is 0 Å². The van der Waals surface area contributed by atoms with Crippen LogP contribution in [0.25, 0.3) is 0 Å². The molecular weight excluding hydrogens is 224 g/mol. The summed E-state index contributed by atoms with van der Waals surface area (Å²) in [6.45, 7) is 7.41. The Morgan fingerprint density at radius 1 is 1.65 bits per heavy atom. The van der Waals surface area contributed by atoms with E-state index < -0.39 is 11.8 Å². The third kappa shape index (κ3) is 3.20. The Kier molecular flexibility index (Phi) is 4.11. The fourth-order valence-electron chi connectivity index (χ4n) is 1.99. The normalized spacial score (nSPS) is 22.2. The van der Waals surface area contributed by atoms with E-state index in [0.29, 0.717) is 13.0 Å². The molecule has 0 spiro atoms. The van der Waals surface area contributed by atoms with Gasteiger partial charge in [0.05, 0.1) is 12.6 Å². The molecule has 1 aliphatic rings. The lowest BCUT2D eigenvalue weighted by Gasteiger charge is -2.33. The van der Waals surface area contributed by atoms with Crippen LogP contribution in [-0.2, 0) is 9.53 Å². The molecule has 0 radical (unpaired) electrons. The number of carboxylic acid groups (broad SMARTS) is 1. The van der Waals surface area contributed by atoms with E-state index in [1.165, 1.54) is 0 Å². The maximum atomic E-state index is 11.9. The minimum absolute atomic E-state index is 0.0782. The van der Waals surface area contributed by atoms with Crippen LogP contribution in [0.3, 0.4) is 0 Å². The summed E-state index contributed by atoms with van der Waals surface area (Å²) in [5.41, 5.74) is -0.703. The van der Waals surface area contributed by atoms with Gasteiger partial charge < -0.3 is 20.1 Å². The summed E-state index contributed by atoms with van der Waals surface area (Å²) in [5.74, 6) is -0.290. The van der Waals surface area contributed by atoms with Crippen LogP contribution in [0.4, 0.5) is 4.79 Å². The molecule has 1 rings (SSSR count). The summed E-state index contributed by atoms with van der Waals surface area (Å²) < 4.78 is 5.53. The van der Waals surface area contributed by atoms with Crippen LogP contribution >= 0.6 is 0 Å². The molecule has 1 saturated heterocycles. The second-order valence-electron chi connectivity index (χ2n) is 4.36. The van der Waals surface area contributed by atoms with Gasteiger partial charge >= 0.3 is 6.09 Å². The molecule has 2 amide bonds. The highest BCUT2D eigenvalue weighted by Gasteiger charge is 2.42. The molecule has 96 valence electrons. The lowest BCUT2D eigenvalue weighted by Crippen LogP contribution is -2.51. The van der Waals surface area contributed by atoms with Gasteiger partial charge in [-0.3, -0.25) is 4.79 Å². The van der Waals surface area contributed by atoms with Crippen molar-refractivity contribution < 1.29 is 19.4 Å². The average Bonchev–Trinajstić information content (AvgIpc) is 2.51. The van der Waals surface area contributed by atoms with Crippen molar-refractivity contribution in [2.45, 2.75) is 32.0 Å². The molecule has 0 bridgehead atoms. The maximum Gasteiger partial charge on any atom is 0.405 e. The van der Waals surface area contributed by atoms with Crippen molar-refractivity contribution >= 4 is 12.0 Å². The summed E-state index contributed by atoms with van der Waals surface area (Å²) in [4.78, 5) is 23.9. The van der Waals surface area contributed by atoms with Crippen LogP contribution in [0.2, 0.25) is 0 Å². The highest BCUT2D eigenvalue weighted by Crippen LogP contribution is 2.28. The monoisotopic (exact) mass is 242 g/mol. The predicted molar refractivity (Wildman–Crippen MR) is 61.5 cm³/mol. The van der Waals surface area contributed by atoms with Gasteiger partial charge in [-0.1, -0.05) is 6.08 Å². The molecule has 6 heteroatoms. The molecule has 1 atom stereocenters. The van der Waals surface area contributed by atoms with Crippen molar-refractivity contribution in [2.24, 2.45) is 0 Å². The van der Waals surface area contributed by atoms with Gasteiger partial charge in [0.1, 0.15) is 12.3 Å². The molecule has 0 unspecified atom stereocenters. The minimum Gasteiger partial charge on any atom is -0.465 e. The summed E-state index contributed by atoms with van der Waals surface area (Å²) in [6, 6.07) is -0.0782. The molecule has 0 aromatic heterocycles. The Morgan fingerprint density at radius 3 is 2.82 bits per heavy atom. The van der Waals surface area contributed by atoms with Crippen LogP contribution in [-0.4, -0.2) is 46.9 Å². The highest BCUT2D eigenvalue weighted by atomic mass is 16.5. The third-order valence-electron chi connectivity index (χ3n) is 2.67. The molecule has 0 aromatic rings. The van der Waals surface area contributed by atoms with Gasteiger partial charge in [0.2, 0.25) is 5.91 Å². The Morgan fingerprint density at radius 2 is 2.29 bits per heavy atom. The quantitative estimate of drug-likeness (QED) is 0.714. The minimum atomic E-state index is -1.21. The SMILES string of the molecule is C=CC[C@H]1COC(C)(C)N1C(=O)CNC(=O)O. The number of nitrogens with one attached hydrogen (secondary N) is 1. The summed E-state index contributed by atoms with van der Waals surface area (Å²) in [6.07, 6.45) is 1.14. The molecular formula is C11H18N2O4. The van der Waals surface area contributed by atoms with Gasteiger partial charge in [-0.25, -0.2) is 4.79 Å². The summed E-state index contributed by atoms with van der Waals surface area (Å²) >= 11 is 0. The van der Waals surface area contributed by atoms with Crippen molar-refractivity contribution in [3.05, 3.63) is 12.7 Å². The van der Waals surface area contributed by atoms with E-state index >= 15 is 0 Å². The number of ether oxygens (including phenoxy) is 1. The number of hydrogen-bond acceptors (Lipinski definition) is 3. The third-order valence-corrected chi connectivity index (χ3v) is 2.67. The predicted octanol–water partition coefficient (Wildman–Crippen LogP) is 0.794. The lowest BCUT2D eigenvalue weighted by molar-refractivity contribution is -0.144. The van der Waals surface area contributed by atoms with Gasteiger partial charge in [0.15, 0.2) is 0 Å². The molecule has 2 N–H and O–H groups in total. The number of carbonyl (C=O) groups is 2. The van der Waals surface area contributed by atoms with Gasteiger partial charge in [0, 0.05) is 0 Å². The van der Waals surface area contributed by atoms with E-state index in [0.717, 1.165) is 0 Å². The fourth-order valence-corrected chi connectivity index (χ4v) is 1.99. The average molecular weight is 242 g/mol. The van der Waals surface area contributed by atoms with Crippen molar-refractivity contribution in [1.29, 1.82) is 0 Å². The molecule has 17 heavy (non-hydrogen) atoms. The summed E-state index contributed by atoms with van der Waals surface area (Å²) in [7, 11) is 0. The zero-order valence-electron chi connectivity index (χ0n) is 10.1. The zero-order chi connectivity index (χ0) is 13.1. The highest BCUT2D eigenvalue weighted by molar-refractivity contribution is 5.82. The standard InChI is InChI=1S/C11H18N2O4/c1-4-5-8-7-17-11(2,3)13(8)9(14)6-12-10(15)16/h4,8,12H,1,5-7H2,2-3H3,(H,15,16)/t8-/m0/s1. The Labute approximate surface area is 100 Å². The molecule has 0 saturated carbocycles. The summed E-state index contributed by atoms with van der Waals surface area (Å²) in [5, 5.41) is 10.5. The topological polar surface area (TPSA) is 78.9 Å². The molecule has 0 aromatic carbocycles. The first kappa shape index (κ1) is 13.5. The number of nitrogens with zero attached hydrogens (tertiary/aromatic N) is 1. The molecule has 1 aliphatic heterocycles. The van der Waals surface area contributed by atoms with Crippen LogP contribution in [0, 0.1) is 0 Å². The number of amides is 2. The van der Waals surface area contributed by atoms with Crippen LogP contribution in [0.15, 0.2) is 12.7 Å². The van der Waals surface area contributed by atoms with E-state index in [1.54, 1.807) is 24.8 Å². The van der Waals surface area contributed by atoms with Crippen molar-refractivity contribution in [3.8, 4) is 0 Å². The van der Waals surface area contributed by atoms with Crippen LogP contribution in [0.5, 0.6) is 0 Å². The largest absolute Gasteiger partial charge is 0.465 e. The van der Waals surface area contributed by atoms with E-state index in [4.69, 9.17) is 9.84 Å². The van der Waals surface area contributed by atoms with E-state index in [-0.39, 0.29) is 18.5 Å². The number of rotatable bonds is 4. The molecule has 0 aliphatic carbocycles. The van der Waals surface area contributed by atoms with Crippen LogP contribution < -0.4 is 5.32 Å². The second kappa shape index (κ2) is 5.18. The first-order valence-corrected chi connectivity index (χ1v) is 5.42. The van der Waals surface area contributed by atoms with Gasteiger partial charge in [-0.2, -0.15) is 0 Å². The molecule has 1 heterocycles. The smallest absolute Gasteiger partial charge is 0.405 e. The molecule has 1 fully saturated rings. The lowest BCUT2D eigenvalue weighted by atomic mass is 10.1. The van der Waals surface area contributed by atoms with Crippen molar-refractivity contribution in [2.75, 3.05) is 13.2 Å². The van der Waals surface area contributed by atoms with E-state index in [9.17, 15) is 9.59 Å². The second-order valence-corrected chi connectivity index (χ2v) is 4.36. The number of hydrogen-bond donors (Lipinski definition) is 2. The van der Waals surface area contributed by atoms with Gasteiger partial charge in [-0.05, 0) is 20.3 Å². The van der Waals surface area contributed by atoms with E-state index in [2.05, 4.69) is 11.9 Å². The molecule has 6 nitrogen and oxygen atoms in total. The van der Waals surface area contributed by atoms with Crippen LogP contribution in [0.1, 0.15) is 20.3 Å². The Bertz CT molecular complexity index is 327. The maximum absolute atomic E-state index is 11.9. The Balaban J connectivity index is 2.71. The van der Waals surface area contributed by atoms with Gasteiger partial charge in [-0.15, -0.1) is 6.58 Å². The fraction of sp³-hybridized carbons (Fsp3) is 0.636. The number of carbonyl (C=O) groups excluding carboxylic acids is 1. The first-order chi connectivity index (χ1) is 7.88.